The number of likely N-dealkylation sites (tertiary alicyclic amines) is 1. The van der Waals surface area contributed by atoms with Crippen molar-refractivity contribution in [3.8, 4) is 0 Å². The average molecular weight is 252 g/mol. The smallest absolute Gasteiger partial charge is 0.0302 e. The van der Waals surface area contributed by atoms with E-state index in [0.717, 1.165) is 18.9 Å². The van der Waals surface area contributed by atoms with Crippen LogP contribution in [0.25, 0.3) is 0 Å². The molecule has 2 nitrogen and oxygen atoms in total. The van der Waals surface area contributed by atoms with E-state index >= 15 is 0 Å². The van der Waals surface area contributed by atoms with Crippen LogP contribution in [-0.4, -0.2) is 31.6 Å². The van der Waals surface area contributed by atoms with Crippen LogP contribution < -0.4 is 5.32 Å². The summed E-state index contributed by atoms with van der Waals surface area (Å²) in [6.45, 7) is 7.01. The van der Waals surface area contributed by atoms with Crippen LogP contribution in [0.3, 0.4) is 0 Å². The van der Waals surface area contributed by atoms with E-state index in [-0.39, 0.29) is 0 Å². The molecule has 0 radical (unpaired) electrons. The maximum Gasteiger partial charge on any atom is 0.0302 e. The molecular weight excluding hydrogens is 228 g/mol. The van der Waals surface area contributed by atoms with Crippen molar-refractivity contribution in [1.82, 2.24) is 10.2 Å². The molecular formula is C14H24N2S. The van der Waals surface area contributed by atoms with Gasteiger partial charge in [0, 0.05) is 18.0 Å². The molecule has 0 bridgehead atoms. The van der Waals surface area contributed by atoms with E-state index in [2.05, 4.69) is 35.6 Å². The molecule has 1 unspecified atom stereocenters. The summed E-state index contributed by atoms with van der Waals surface area (Å²) in [4.78, 5) is 3.98. The van der Waals surface area contributed by atoms with Gasteiger partial charge in [0.05, 0.1) is 0 Å². The molecule has 1 aromatic rings. The number of hydrogen-bond donors (Lipinski definition) is 1. The Hall–Kier alpha value is -0.380. The molecule has 0 spiro atoms. The zero-order valence-corrected chi connectivity index (χ0v) is 11.9. The average Bonchev–Trinajstić information content (AvgIpc) is 2.77. The summed E-state index contributed by atoms with van der Waals surface area (Å²) < 4.78 is 0. The predicted molar refractivity (Wildman–Crippen MR) is 75.6 cm³/mol. The molecule has 96 valence electrons. The molecule has 1 atom stereocenters. The molecule has 0 aromatic carbocycles. The maximum absolute atomic E-state index is 3.64. The summed E-state index contributed by atoms with van der Waals surface area (Å²) in [5.41, 5.74) is 1.52. The summed E-state index contributed by atoms with van der Waals surface area (Å²) >= 11 is 1.89. The lowest BCUT2D eigenvalue weighted by Crippen LogP contribution is -2.37. The Labute approximate surface area is 109 Å². The predicted octanol–water partition coefficient (Wildman–Crippen LogP) is 2.74. The molecule has 1 saturated heterocycles. The van der Waals surface area contributed by atoms with Gasteiger partial charge in [-0.3, -0.25) is 0 Å². The van der Waals surface area contributed by atoms with E-state index in [0.29, 0.717) is 0 Å². The highest BCUT2D eigenvalue weighted by molar-refractivity contribution is 7.10. The summed E-state index contributed by atoms with van der Waals surface area (Å²) in [6, 6.07) is 2.26. The lowest BCUT2D eigenvalue weighted by Gasteiger charge is -2.29. The Morgan fingerprint density at radius 3 is 3.18 bits per heavy atom. The van der Waals surface area contributed by atoms with Crippen molar-refractivity contribution in [2.75, 3.05) is 26.7 Å². The van der Waals surface area contributed by atoms with E-state index in [9.17, 15) is 0 Å². The molecule has 17 heavy (non-hydrogen) atoms. The van der Waals surface area contributed by atoms with Crippen LogP contribution >= 0.6 is 11.3 Å². The van der Waals surface area contributed by atoms with Gasteiger partial charge in [0.2, 0.25) is 0 Å². The van der Waals surface area contributed by atoms with Crippen molar-refractivity contribution in [2.45, 2.75) is 32.7 Å². The molecule has 2 rings (SSSR count). The fraction of sp³-hybridized carbons (Fsp3) is 0.714. The van der Waals surface area contributed by atoms with Gasteiger partial charge < -0.3 is 10.2 Å². The van der Waals surface area contributed by atoms with Gasteiger partial charge in [0.1, 0.15) is 0 Å². The summed E-state index contributed by atoms with van der Waals surface area (Å²) in [5.74, 6) is 0.846. The van der Waals surface area contributed by atoms with Crippen LogP contribution in [-0.2, 0) is 13.0 Å². The van der Waals surface area contributed by atoms with E-state index in [1.165, 1.54) is 42.9 Å². The number of piperidine rings is 1. The SMILES string of the molecule is CCc1ccsc1CNCC1CCCN(C)C1. The second-order valence-electron chi connectivity index (χ2n) is 5.12. The minimum Gasteiger partial charge on any atom is -0.312 e. The summed E-state index contributed by atoms with van der Waals surface area (Å²) in [5, 5.41) is 5.85. The standard InChI is InChI=1S/C14H24N2S/c1-3-13-6-8-17-14(13)10-15-9-12-5-4-7-16(2)11-12/h6,8,12,15H,3-5,7,9-11H2,1-2H3. The quantitative estimate of drug-likeness (QED) is 0.867. The Balaban J connectivity index is 1.72. The zero-order valence-electron chi connectivity index (χ0n) is 11.0. The van der Waals surface area contributed by atoms with Crippen molar-refractivity contribution in [2.24, 2.45) is 5.92 Å². The number of thiophene rings is 1. The lowest BCUT2D eigenvalue weighted by atomic mass is 9.98. The van der Waals surface area contributed by atoms with E-state index in [4.69, 9.17) is 0 Å². The van der Waals surface area contributed by atoms with Gasteiger partial charge in [-0.05, 0) is 62.3 Å². The third kappa shape index (κ3) is 3.80. The number of rotatable bonds is 5. The highest BCUT2D eigenvalue weighted by atomic mass is 32.1. The third-order valence-electron chi connectivity index (χ3n) is 3.66. The van der Waals surface area contributed by atoms with Crippen molar-refractivity contribution in [3.05, 3.63) is 21.9 Å². The molecule has 1 aromatic heterocycles. The molecule has 1 aliphatic heterocycles. The van der Waals surface area contributed by atoms with Gasteiger partial charge in [-0.2, -0.15) is 0 Å². The second-order valence-corrected chi connectivity index (χ2v) is 6.12. The van der Waals surface area contributed by atoms with Crippen LogP contribution in [0.2, 0.25) is 0 Å². The molecule has 0 amide bonds. The molecule has 1 fully saturated rings. The van der Waals surface area contributed by atoms with Crippen LogP contribution in [0.4, 0.5) is 0 Å². The minimum atomic E-state index is 0.846. The first-order chi connectivity index (χ1) is 8.29. The Bertz CT molecular complexity index is 335. The zero-order chi connectivity index (χ0) is 12.1. The van der Waals surface area contributed by atoms with E-state index < -0.39 is 0 Å². The van der Waals surface area contributed by atoms with Gasteiger partial charge in [0.25, 0.3) is 0 Å². The van der Waals surface area contributed by atoms with Crippen molar-refractivity contribution in [1.29, 1.82) is 0 Å². The molecule has 3 heteroatoms. The van der Waals surface area contributed by atoms with Gasteiger partial charge in [-0.1, -0.05) is 6.92 Å². The van der Waals surface area contributed by atoms with Gasteiger partial charge in [-0.15, -0.1) is 11.3 Å². The number of hydrogen-bond acceptors (Lipinski definition) is 3. The minimum absolute atomic E-state index is 0.846. The van der Waals surface area contributed by atoms with Crippen LogP contribution in [0.5, 0.6) is 0 Å². The second kappa shape index (κ2) is 6.53. The van der Waals surface area contributed by atoms with Crippen LogP contribution in [0, 0.1) is 5.92 Å². The molecule has 2 heterocycles. The first kappa shape index (κ1) is 13.1. The van der Waals surface area contributed by atoms with Crippen LogP contribution in [0.15, 0.2) is 11.4 Å². The van der Waals surface area contributed by atoms with Crippen molar-refractivity contribution in [3.63, 3.8) is 0 Å². The summed E-state index contributed by atoms with van der Waals surface area (Å²) in [7, 11) is 2.24. The monoisotopic (exact) mass is 252 g/mol. The first-order valence-corrected chi connectivity index (χ1v) is 7.62. The Morgan fingerprint density at radius 1 is 1.53 bits per heavy atom. The third-order valence-corrected chi connectivity index (χ3v) is 4.62. The van der Waals surface area contributed by atoms with Crippen LogP contribution in [0.1, 0.15) is 30.2 Å². The molecule has 0 aliphatic carbocycles. The normalized spacial score (nSPS) is 21.9. The maximum atomic E-state index is 3.64. The Morgan fingerprint density at radius 2 is 2.41 bits per heavy atom. The topological polar surface area (TPSA) is 15.3 Å². The van der Waals surface area contributed by atoms with Crippen molar-refractivity contribution < 1.29 is 0 Å². The molecule has 1 N–H and O–H groups in total. The number of nitrogens with one attached hydrogen (secondary N) is 1. The fourth-order valence-corrected chi connectivity index (χ4v) is 3.61. The number of aryl methyl sites for hydroxylation is 1. The highest BCUT2D eigenvalue weighted by Crippen LogP contribution is 2.18. The summed E-state index contributed by atoms with van der Waals surface area (Å²) in [6.07, 6.45) is 3.91. The van der Waals surface area contributed by atoms with Gasteiger partial charge >= 0.3 is 0 Å². The van der Waals surface area contributed by atoms with Gasteiger partial charge in [0.15, 0.2) is 0 Å². The lowest BCUT2D eigenvalue weighted by molar-refractivity contribution is 0.206. The number of nitrogens with zero attached hydrogens (tertiary/aromatic N) is 1. The molecule has 1 aliphatic rings. The van der Waals surface area contributed by atoms with Crippen molar-refractivity contribution >= 4 is 11.3 Å². The largest absolute Gasteiger partial charge is 0.312 e. The van der Waals surface area contributed by atoms with E-state index in [1.807, 2.05) is 11.3 Å². The molecule has 0 saturated carbocycles. The van der Waals surface area contributed by atoms with E-state index in [1.54, 1.807) is 0 Å². The Kier molecular flexibility index (Phi) is 5.01. The first-order valence-electron chi connectivity index (χ1n) is 6.74. The highest BCUT2D eigenvalue weighted by Gasteiger charge is 2.16. The van der Waals surface area contributed by atoms with Gasteiger partial charge in [-0.25, -0.2) is 0 Å². The fourth-order valence-electron chi connectivity index (χ4n) is 2.67.